The minimum Gasteiger partial charge on any atom is -0.307 e. The van der Waals surface area contributed by atoms with Crippen molar-refractivity contribution in [3.63, 3.8) is 0 Å². The number of sulfone groups is 1. The molecule has 1 aliphatic heterocycles. The third-order valence-electron chi connectivity index (χ3n) is 3.06. The van der Waals surface area contributed by atoms with E-state index in [-0.39, 0.29) is 23.3 Å². The summed E-state index contributed by atoms with van der Waals surface area (Å²) in [5.74, 6) is -1.05. The fourth-order valence-corrected chi connectivity index (χ4v) is 4.03. The van der Waals surface area contributed by atoms with Crippen molar-refractivity contribution < 1.29 is 17.6 Å². The number of amides is 1. The Bertz CT molecular complexity index is 573. The smallest absolute Gasteiger partial charge is 0.242 e. The van der Waals surface area contributed by atoms with Gasteiger partial charge in [-0.2, -0.15) is 0 Å². The molecular formula is C12H13ClFNO3S. The van der Waals surface area contributed by atoms with E-state index in [0.29, 0.717) is 12.1 Å². The van der Waals surface area contributed by atoms with Crippen molar-refractivity contribution in [1.82, 2.24) is 0 Å². The number of hydrogen-bond acceptors (Lipinski definition) is 3. The van der Waals surface area contributed by atoms with Crippen LogP contribution < -0.4 is 4.90 Å². The third-order valence-corrected chi connectivity index (χ3v) is 5.04. The zero-order chi connectivity index (χ0) is 14.0. The molecule has 104 valence electrons. The highest BCUT2D eigenvalue weighted by molar-refractivity contribution is 7.91. The van der Waals surface area contributed by atoms with Crippen LogP contribution in [0.15, 0.2) is 24.3 Å². The van der Waals surface area contributed by atoms with Gasteiger partial charge in [-0.25, -0.2) is 12.8 Å². The lowest BCUT2D eigenvalue weighted by atomic mass is 10.2. The second-order valence-electron chi connectivity index (χ2n) is 4.43. The molecule has 1 fully saturated rings. The molecule has 0 spiro atoms. The molecule has 1 aliphatic rings. The van der Waals surface area contributed by atoms with Gasteiger partial charge in [0.05, 0.1) is 17.5 Å². The Kier molecular flexibility index (Phi) is 4.10. The topological polar surface area (TPSA) is 54.5 Å². The first kappa shape index (κ1) is 14.3. The third kappa shape index (κ3) is 3.25. The van der Waals surface area contributed by atoms with Crippen molar-refractivity contribution in [2.24, 2.45) is 0 Å². The molecule has 1 aromatic carbocycles. The summed E-state index contributed by atoms with van der Waals surface area (Å²) < 4.78 is 35.9. The van der Waals surface area contributed by atoms with Crippen LogP contribution >= 0.6 is 11.6 Å². The second kappa shape index (κ2) is 5.46. The molecule has 7 heteroatoms. The molecule has 1 heterocycles. The molecular weight excluding hydrogens is 293 g/mol. The molecule has 0 aliphatic carbocycles. The normalized spacial score (nSPS) is 21.3. The van der Waals surface area contributed by atoms with Crippen molar-refractivity contribution >= 4 is 33.0 Å². The highest BCUT2D eigenvalue weighted by Gasteiger charge is 2.35. The summed E-state index contributed by atoms with van der Waals surface area (Å²) in [5, 5.41) is 0. The van der Waals surface area contributed by atoms with Crippen LogP contribution in [0.25, 0.3) is 0 Å². The maximum atomic E-state index is 12.9. The van der Waals surface area contributed by atoms with E-state index in [0.717, 1.165) is 0 Å². The summed E-state index contributed by atoms with van der Waals surface area (Å²) in [7, 11) is -3.11. The van der Waals surface area contributed by atoms with Gasteiger partial charge in [0.2, 0.25) is 5.91 Å². The Balaban J connectivity index is 2.32. The summed E-state index contributed by atoms with van der Waals surface area (Å²) in [5.41, 5.74) is 0.467. The predicted octanol–water partition coefficient (Wildman–Crippen LogP) is 1.58. The molecule has 0 saturated carbocycles. The van der Waals surface area contributed by atoms with Crippen LogP contribution in [-0.4, -0.2) is 37.8 Å². The summed E-state index contributed by atoms with van der Waals surface area (Å²) in [6.07, 6.45) is 0.377. The first-order valence-electron chi connectivity index (χ1n) is 5.77. The summed E-state index contributed by atoms with van der Waals surface area (Å²) >= 11 is 5.56. The Labute approximate surface area is 116 Å². The molecule has 0 bridgehead atoms. The average Bonchev–Trinajstić information content (AvgIpc) is 2.72. The number of nitrogens with zero attached hydrogens (tertiary/aromatic N) is 1. The maximum Gasteiger partial charge on any atom is 0.242 e. The van der Waals surface area contributed by atoms with Crippen molar-refractivity contribution in [3.05, 3.63) is 30.1 Å². The van der Waals surface area contributed by atoms with Crippen LogP contribution in [0.3, 0.4) is 0 Å². The largest absolute Gasteiger partial charge is 0.307 e. The van der Waals surface area contributed by atoms with Crippen molar-refractivity contribution in [2.75, 3.05) is 22.3 Å². The van der Waals surface area contributed by atoms with Gasteiger partial charge in [0.15, 0.2) is 9.84 Å². The molecule has 1 amide bonds. The predicted molar refractivity (Wildman–Crippen MR) is 71.7 cm³/mol. The molecule has 0 radical (unpaired) electrons. The Morgan fingerprint density at radius 2 is 2.00 bits per heavy atom. The van der Waals surface area contributed by atoms with Gasteiger partial charge < -0.3 is 4.90 Å². The highest BCUT2D eigenvalue weighted by Crippen LogP contribution is 2.25. The zero-order valence-corrected chi connectivity index (χ0v) is 11.6. The number of benzene rings is 1. The van der Waals surface area contributed by atoms with Gasteiger partial charge in [-0.3, -0.25) is 4.79 Å². The van der Waals surface area contributed by atoms with Crippen LogP contribution in [0.5, 0.6) is 0 Å². The van der Waals surface area contributed by atoms with Gasteiger partial charge in [0, 0.05) is 5.69 Å². The van der Waals surface area contributed by atoms with Crippen LogP contribution in [-0.2, 0) is 14.6 Å². The molecule has 19 heavy (non-hydrogen) atoms. The van der Waals surface area contributed by atoms with Crippen LogP contribution in [0.4, 0.5) is 10.1 Å². The lowest BCUT2D eigenvalue weighted by molar-refractivity contribution is -0.116. The van der Waals surface area contributed by atoms with Crippen LogP contribution in [0.1, 0.15) is 6.42 Å². The molecule has 4 nitrogen and oxygen atoms in total. The monoisotopic (exact) mass is 305 g/mol. The number of rotatable bonds is 3. The summed E-state index contributed by atoms with van der Waals surface area (Å²) in [4.78, 5) is 13.3. The fraction of sp³-hybridized carbons (Fsp3) is 0.417. The van der Waals surface area contributed by atoms with Crippen molar-refractivity contribution in [2.45, 2.75) is 12.5 Å². The lowest BCUT2D eigenvalue weighted by Gasteiger charge is -2.27. The van der Waals surface area contributed by atoms with Crippen molar-refractivity contribution in [1.29, 1.82) is 0 Å². The van der Waals surface area contributed by atoms with Gasteiger partial charge in [-0.15, -0.1) is 11.6 Å². The summed E-state index contributed by atoms with van der Waals surface area (Å²) in [6, 6.07) is 4.93. The average molecular weight is 306 g/mol. The molecule has 0 N–H and O–H groups in total. The Hall–Kier alpha value is -1.14. The molecule has 1 aromatic rings. The van der Waals surface area contributed by atoms with Gasteiger partial charge in [-0.05, 0) is 30.7 Å². The quantitative estimate of drug-likeness (QED) is 0.797. The van der Waals surface area contributed by atoms with E-state index in [1.807, 2.05) is 0 Å². The van der Waals surface area contributed by atoms with Gasteiger partial charge in [-0.1, -0.05) is 0 Å². The number of alkyl halides is 1. The molecule has 1 atom stereocenters. The van der Waals surface area contributed by atoms with Gasteiger partial charge in [0.1, 0.15) is 11.7 Å². The molecule has 1 saturated heterocycles. The number of carbonyl (C=O) groups is 1. The van der Waals surface area contributed by atoms with E-state index in [4.69, 9.17) is 11.6 Å². The van der Waals surface area contributed by atoms with E-state index in [1.165, 1.54) is 29.2 Å². The van der Waals surface area contributed by atoms with E-state index >= 15 is 0 Å². The fourth-order valence-electron chi connectivity index (χ4n) is 2.20. The SMILES string of the molecule is O=C(CCl)N(c1ccc(F)cc1)[C@H]1CCS(=O)(=O)C1. The Morgan fingerprint density at radius 1 is 1.37 bits per heavy atom. The lowest BCUT2D eigenvalue weighted by Crippen LogP contribution is -2.42. The number of hydrogen-bond donors (Lipinski definition) is 0. The number of halogens is 2. The van der Waals surface area contributed by atoms with E-state index in [2.05, 4.69) is 0 Å². The maximum absolute atomic E-state index is 12.9. The van der Waals surface area contributed by atoms with E-state index in [9.17, 15) is 17.6 Å². The van der Waals surface area contributed by atoms with Crippen LogP contribution in [0, 0.1) is 5.82 Å². The highest BCUT2D eigenvalue weighted by atomic mass is 35.5. The van der Waals surface area contributed by atoms with E-state index < -0.39 is 21.7 Å². The molecule has 0 unspecified atom stereocenters. The van der Waals surface area contributed by atoms with Crippen molar-refractivity contribution in [3.8, 4) is 0 Å². The van der Waals surface area contributed by atoms with Crippen LogP contribution in [0.2, 0.25) is 0 Å². The van der Waals surface area contributed by atoms with Gasteiger partial charge >= 0.3 is 0 Å². The number of carbonyl (C=O) groups excluding carboxylic acids is 1. The molecule has 0 aromatic heterocycles. The second-order valence-corrected chi connectivity index (χ2v) is 6.93. The zero-order valence-electron chi connectivity index (χ0n) is 10.1. The summed E-state index contributed by atoms with van der Waals surface area (Å²) in [6.45, 7) is 0. The Morgan fingerprint density at radius 3 is 2.47 bits per heavy atom. The van der Waals surface area contributed by atoms with Gasteiger partial charge in [0.25, 0.3) is 0 Å². The number of anilines is 1. The minimum atomic E-state index is -3.11. The minimum absolute atomic E-state index is 0.0604. The molecule has 2 rings (SSSR count). The first-order valence-corrected chi connectivity index (χ1v) is 8.12. The standard InChI is InChI=1S/C12H13ClFNO3S/c13-7-12(16)15(10-3-1-9(14)2-4-10)11-5-6-19(17,18)8-11/h1-4,11H,5-8H2/t11-/m0/s1. The van der Waals surface area contributed by atoms with E-state index in [1.54, 1.807) is 0 Å². The first-order chi connectivity index (χ1) is 8.93.